The highest BCUT2D eigenvalue weighted by Crippen LogP contribution is 2.29. The summed E-state index contributed by atoms with van der Waals surface area (Å²) in [5.41, 5.74) is 9.33. The maximum atomic E-state index is 12.8. The van der Waals surface area contributed by atoms with Crippen LogP contribution in [0.1, 0.15) is 37.3 Å². The van der Waals surface area contributed by atoms with E-state index in [-0.39, 0.29) is 17.7 Å². The topological polar surface area (TPSA) is 55.1 Å². The second-order valence-corrected chi connectivity index (χ2v) is 5.84. The molecular weight excluding hydrogens is 272 g/mol. The van der Waals surface area contributed by atoms with Crippen molar-refractivity contribution in [2.75, 3.05) is 11.1 Å². The average molecular weight is 296 g/mol. The lowest BCUT2D eigenvalue weighted by Crippen LogP contribution is -2.26. The Labute approximate surface area is 132 Å². The highest BCUT2D eigenvalue weighted by molar-refractivity contribution is 5.96. The minimum atomic E-state index is -0.150. The van der Waals surface area contributed by atoms with E-state index in [2.05, 4.69) is 19.2 Å². The zero-order valence-corrected chi connectivity index (χ0v) is 13.5. The first kappa shape index (κ1) is 16.1. The van der Waals surface area contributed by atoms with E-state index in [1.54, 1.807) is 0 Å². The van der Waals surface area contributed by atoms with Crippen molar-refractivity contribution in [3.05, 3.63) is 59.7 Å². The first-order chi connectivity index (χ1) is 10.5. The van der Waals surface area contributed by atoms with Gasteiger partial charge in [-0.2, -0.15) is 0 Å². The number of anilines is 2. The molecule has 2 atom stereocenters. The van der Waals surface area contributed by atoms with Crippen LogP contribution in [0.4, 0.5) is 11.4 Å². The quantitative estimate of drug-likeness (QED) is 0.806. The summed E-state index contributed by atoms with van der Waals surface area (Å²) >= 11 is 0. The van der Waals surface area contributed by atoms with Crippen LogP contribution in [-0.4, -0.2) is 5.91 Å². The molecule has 1 amide bonds. The van der Waals surface area contributed by atoms with Crippen LogP contribution >= 0.6 is 0 Å². The fourth-order valence-electron chi connectivity index (χ4n) is 2.67. The van der Waals surface area contributed by atoms with Crippen molar-refractivity contribution >= 4 is 17.3 Å². The molecule has 0 fully saturated rings. The number of rotatable bonds is 5. The van der Waals surface area contributed by atoms with Crippen LogP contribution in [0.5, 0.6) is 0 Å². The molecule has 2 unspecified atom stereocenters. The lowest BCUT2D eigenvalue weighted by atomic mass is 9.85. The van der Waals surface area contributed by atoms with Crippen LogP contribution in [0, 0.1) is 12.8 Å². The van der Waals surface area contributed by atoms with Gasteiger partial charge in [-0.25, -0.2) is 0 Å². The van der Waals surface area contributed by atoms with Gasteiger partial charge < -0.3 is 11.1 Å². The Morgan fingerprint density at radius 1 is 1.18 bits per heavy atom. The summed E-state index contributed by atoms with van der Waals surface area (Å²) in [7, 11) is 0. The van der Waals surface area contributed by atoms with E-state index in [1.165, 1.54) is 0 Å². The zero-order valence-electron chi connectivity index (χ0n) is 13.5. The summed E-state index contributed by atoms with van der Waals surface area (Å²) in [5, 5.41) is 3.06. The predicted molar refractivity (Wildman–Crippen MR) is 92.9 cm³/mol. The van der Waals surface area contributed by atoms with Crippen molar-refractivity contribution < 1.29 is 4.79 Å². The van der Waals surface area contributed by atoms with Crippen LogP contribution in [0.25, 0.3) is 0 Å². The number of hydrogen-bond acceptors (Lipinski definition) is 2. The number of nitrogens with one attached hydrogen (secondary N) is 1. The Kier molecular flexibility index (Phi) is 5.21. The summed E-state index contributed by atoms with van der Waals surface area (Å²) in [6, 6.07) is 15.5. The van der Waals surface area contributed by atoms with Gasteiger partial charge in [-0.05, 0) is 42.2 Å². The van der Waals surface area contributed by atoms with Gasteiger partial charge in [0.05, 0.1) is 5.92 Å². The zero-order chi connectivity index (χ0) is 16.1. The van der Waals surface area contributed by atoms with E-state index in [4.69, 9.17) is 5.73 Å². The van der Waals surface area contributed by atoms with E-state index in [0.717, 1.165) is 23.2 Å². The van der Waals surface area contributed by atoms with Gasteiger partial charge >= 0.3 is 0 Å². The van der Waals surface area contributed by atoms with Crippen molar-refractivity contribution in [3.63, 3.8) is 0 Å². The molecule has 0 aromatic heterocycles. The molecule has 2 aromatic carbocycles. The van der Waals surface area contributed by atoms with Crippen molar-refractivity contribution in [2.24, 2.45) is 5.92 Å². The molecule has 0 radical (unpaired) electrons. The van der Waals surface area contributed by atoms with E-state index < -0.39 is 0 Å². The minimum Gasteiger partial charge on any atom is -0.399 e. The van der Waals surface area contributed by atoms with Gasteiger partial charge in [0.15, 0.2) is 0 Å². The molecule has 3 heteroatoms. The molecule has 2 aromatic rings. The summed E-state index contributed by atoms with van der Waals surface area (Å²) in [6.07, 6.45) is 0.952. The first-order valence-electron chi connectivity index (χ1n) is 7.74. The average Bonchev–Trinajstić information content (AvgIpc) is 2.51. The minimum absolute atomic E-state index is 0.0356. The number of amides is 1. The third-order valence-corrected chi connectivity index (χ3v) is 4.16. The summed E-state index contributed by atoms with van der Waals surface area (Å²) in [4.78, 5) is 12.8. The maximum absolute atomic E-state index is 12.8. The largest absolute Gasteiger partial charge is 0.399 e. The molecule has 0 spiro atoms. The predicted octanol–water partition coefficient (Wildman–Crippen LogP) is 4.35. The number of nitrogens with two attached hydrogens (primary N) is 1. The van der Waals surface area contributed by atoms with Crippen molar-refractivity contribution in [1.82, 2.24) is 0 Å². The van der Waals surface area contributed by atoms with Gasteiger partial charge in [0, 0.05) is 11.4 Å². The lowest BCUT2D eigenvalue weighted by Gasteiger charge is -2.23. The number of aryl methyl sites for hydroxylation is 1. The smallest absolute Gasteiger partial charge is 0.232 e. The Morgan fingerprint density at radius 3 is 2.45 bits per heavy atom. The van der Waals surface area contributed by atoms with Gasteiger partial charge in [0.25, 0.3) is 0 Å². The van der Waals surface area contributed by atoms with E-state index >= 15 is 0 Å². The molecule has 116 valence electrons. The highest BCUT2D eigenvalue weighted by atomic mass is 16.1. The molecule has 22 heavy (non-hydrogen) atoms. The summed E-state index contributed by atoms with van der Waals surface area (Å²) in [5.74, 6) is 0.160. The Hall–Kier alpha value is -2.29. The molecule has 3 nitrogen and oxygen atoms in total. The van der Waals surface area contributed by atoms with Gasteiger partial charge in [0.2, 0.25) is 5.91 Å². The molecule has 0 heterocycles. The molecule has 3 N–H and O–H groups in total. The Balaban J connectivity index is 2.26. The standard InChI is InChI=1S/C19H24N2O/c1-4-13(2)18(15-8-6-5-7-9-15)19(22)21-17-11-10-16(20)12-14(17)3/h5-13,18H,4,20H2,1-3H3,(H,21,22). The normalized spacial score (nSPS) is 13.4. The van der Waals surface area contributed by atoms with Crippen molar-refractivity contribution in [2.45, 2.75) is 33.1 Å². The molecule has 2 rings (SSSR count). The summed E-state index contributed by atoms with van der Waals surface area (Å²) in [6.45, 7) is 6.18. The van der Waals surface area contributed by atoms with Crippen LogP contribution in [0.3, 0.4) is 0 Å². The van der Waals surface area contributed by atoms with Crippen molar-refractivity contribution in [1.29, 1.82) is 0 Å². The highest BCUT2D eigenvalue weighted by Gasteiger charge is 2.26. The molecular formula is C19H24N2O. The summed E-state index contributed by atoms with van der Waals surface area (Å²) < 4.78 is 0. The number of benzene rings is 2. The monoisotopic (exact) mass is 296 g/mol. The van der Waals surface area contributed by atoms with Gasteiger partial charge in [0.1, 0.15) is 0 Å². The van der Waals surface area contributed by atoms with E-state index in [9.17, 15) is 4.79 Å². The van der Waals surface area contributed by atoms with Crippen LogP contribution in [-0.2, 0) is 4.79 Å². The van der Waals surface area contributed by atoms with Crippen LogP contribution < -0.4 is 11.1 Å². The Bertz CT molecular complexity index is 637. The first-order valence-corrected chi connectivity index (χ1v) is 7.74. The third-order valence-electron chi connectivity index (χ3n) is 4.16. The number of nitrogen functional groups attached to an aromatic ring is 1. The maximum Gasteiger partial charge on any atom is 0.232 e. The molecule has 0 saturated carbocycles. The van der Waals surface area contributed by atoms with Crippen LogP contribution in [0.2, 0.25) is 0 Å². The van der Waals surface area contributed by atoms with E-state index in [1.807, 2.05) is 55.5 Å². The fourth-order valence-corrected chi connectivity index (χ4v) is 2.67. The molecule has 0 saturated heterocycles. The van der Waals surface area contributed by atoms with E-state index in [0.29, 0.717) is 5.69 Å². The second kappa shape index (κ2) is 7.12. The molecule has 0 bridgehead atoms. The molecule has 0 aliphatic carbocycles. The second-order valence-electron chi connectivity index (χ2n) is 5.84. The number of carbonyl (C=O) groups is 1. The SMILES string of the molecule is CCC(C)C(C(=O)Nc1ccc(N)cc1C)c1ccccc1. The van der Waals surface area contributed by atoms with Gasteiger partial charge in [-0.1, -0.05) is 50.6 Å². The lowest BCUT2D eigenvalue weighted by molar-refractivity contribution is -0.118. The molecule has 0 aliphatic heterocycles. The van der Waals surface area contributed by atoms with Gasteiger partial charge in [-0.3, -0.25) is 4.79 Å². The number of hydrogen-bond donors (Lipinski definition) is 2. The Morgan fingerprint density at radius 2 is 1.86 bits per heavy atom. The third kappa shape index (κ3) is 3.67. The fraction of sp³-hybridized carbons (Fsp3) is 0.316. The number of carbonyl (C=O) groups excluding carboxylic acids is 1. The molecule has 0 aliphatic rings. The van der Waals surface area contributed by atoms with Gasteiger partial charge in [-0.15, -0.1) is 0 Å². The van der Waals surface area contributed by atoms with Crippen LogP contribution in [0.15, 0.2) is 48.5 Å². The van der Waals surface area contributed by atoms with Crippen molar-refractivity contribution in [3.8, 4) is 0 Å².